The van der Waals surface area contributed by atoms with E-state index >= 15 is 0 Å². The number of carbonyl (C=O) groups is 1. The van der Waals surface area contributed by atoms with Crippen molar-refractivity contribution >= 4 is 74.7 Å². The number of aromatic nitrogens is 4. The van der Waals surface area contributed by atoms with Crippen LogP contribution in [0.4, 0.5) is 5.69 Å². The van der Waals surface area contributed by atoms with Crippen molar-refractivity contribution in [2.24, 2.45) is 0 Å². The van der Waals surface area contributed by atoms with Gasteiger partial charge in [-0.2, -0.15) is 0 Å². The van der Waals surface area contributed by atoms with Crippen LogP contribution in [0.3, 0.4) is 0 Å². The molecule has 1 amide bonds. The molecule has 1 aromatic carbocycles. The Balaban J connectivity index is 1.27. The molecule has 0 unspecified atom stereocenters. The molecule has 0 saturated carbocycles. The lowest BCUT2D eigenvalue weighted by Crippen LogP contribution is -2.63. The van der Waals surface area contributed by atoms with Gasteiger partial charge in [0.25, 0.3) is 0 Å². The second kappa shape index (κ2) is 17.4. The first-order valence-corrected chi connectivity index (χ1v) is 21.5. The Bertz CT molecular complexity index is 2830. The van der Waals surface area contributed by atoms with Crippen molar-refractivity contribution in [2.45, 2.75) is 18.6 Å². The largest absolute Gasteiger partial charge is 0.377 e. The van der Waals surface area contributed by atoms with Crippen molar-refractivity contribution < 1.29 is 4.79 Å². The van der Waals surface area contributed by atoms with Gasteiger partial charge in [0.05, 0.1) is 22.8 Å². The van der Waals surface area contributed by atoms with E-state index in [1.54, 1.807) is 0 Å². The molecule has 12 nitrogen and oxygen atoms in total. The SMILES string of the molecule is CNC(CCC(=O)Nc1ccc(-c2c3nc(c(C4=CCN(C)C=C4)c4ccc([nH]4)c(C4=CCN(C)C=C4)c4nc(c(C5=CCN(C)C=C5)c5ccc2[nH]5)C=C4)C=C3)cc1)(NC)NC. The maximum Gasteiger partial charge on any atom is 0.224 e. The smallest absolute Gasteiger partial charge is 0.224 e. The Hall–Kier alpha value is -6.99. The van der Waals surface area contributed by atoms with Gasteiger partial charge in [0.2, 0.25) is 5.91 Å². The van der Waals surface area contributed by atoms with Gasteiger partial charge in [-0.05, 0) is 141 Å². The average molecular weight is 838 g/mol. The first-order chi connectivity index (χ1) is 30.6. The highest BCUT2D eigenvalue weighted by atomic mass is 16.1. The fourth-order valence-corrected chi connectivity index (χ4v) is 8.71. The number of benzene rings is 1. The van der Waals surface area contributed by atoms with E-state index in [-0.39, 0.29) is 5.91 Å². The number of rotatable bonds is 11. The first-order valence-electron chi connectivity index (χ1n) is 21.5. The van der Waals surface area contributed by atoms with Crippen molar-refractivity contribution in [1.29, 1.82) is 0 Å². The van der Waals surface area contributed by atoms with Crippen LogP contribution in [0, 0.1) is 0 Å². The van der Waals surface area contributed by atoms with Crippen LogP contribution >= 0.6 is 0 Å². The molecule has 63 heavy (non-hydrogen) atoms. The van der Waals surface area contributed by atoms with Gasteiger partial charge in [0.15, 0.2) is 0 Å². The number of hydrogen-bond donors (Lipinski definition) is 6. The lowest BCUT2D eigenvalue weighted by molar-refractivity contribution is -0.116. The third kappa shape index (κ3) is 8.36. The molecule has 3 aromatic heterocycles. The van der Waals surface area contributed by atoms with Gasteiger partial charge < -0.3 is 30.0 Å². The summed E-state index contributed by atoms with van der Waals surface area (Å²) in [5.74, 6) is -0.603. The summed E-state index contributed by atoms with van der Waals surface area (Å²) in [6, 6.07) is 16.7. The molecule has 0 radical (unpaired) electrons. The Morgan fingerprint density at radius 1 is 0.556 bits per heavy atom. The molecule has 320 valence electrons. The zero-order valence-corrected chi connectivity index (χ0v) is 36.8. The summed E-state index contributed by atoms with van der Waals surface area (Å²) in [6.07, 6.45) is 29.1. The number of amides is 1. The van der Waals surface area contributed by atoms with E-state index in [1.165, 1.54) is 0 Å². The van der Waals surface area contributed by atoms with E-state index in [0.717, 1.165) is 115 Å². The molecule has 8 bridgehead atoms. The Morgan fingerprint density at radius 2 is 0.937 bits per heavy atom. The highest BCUT2D eigenvalue weighted by Crippen LogP contribution is 2.37. The summed E-state index contributed by atoms with van der Waals surface area (Å²) in [7, 11) is 11.8. The minimum Gasteiger partial charge on any atom is -0.377 e. The van der Waals surface area contributed by atoms with Gasteiger partial charge in [-0.1, -0.05) is 30.4 Å². The number of hydrogen-bond acceptors (Lipinski definition) is 9. The number of allylic oxidation sites excluding steroid dienone is 6. The van der Waals surface area contributed by atoms with Gasteiger partial charge in [-0.15, -0.1) is 0 Å². The number of likely N-dealkylation sites (N-methyl/N-ethyl adjacent to an activating group) is 3. The van der Waals surface area contributed by atoms with Crippen LogP contribution in [0.1, 0.15) is 52.3 Å². The monoisotopic (exact) mass is 837 g/mol. The third-order valence-corrected chi connectivity index (χ3v) is 12.4. The highest BCUT2D eigenvalue weighted by molar-refractivity contribution is 6.00. The summed E-state index contributed by atoms with van der Waals surface area (Å²) < 4.78 is 0. The number of nitrogens with one attached hydrogen (secondary N) is 6. The molecule has 0 atom stereocenters. The van der Waals surface area contributed by atoms with Crippen molar-refractivity contribution in [3.05, 3.63) is 143 Å². The number of nitrogens with zero attached hydrogens (tertiary/aromatic N) is 5. The predicted octanol–water partition coefficient (Wildman–Crippen LogP) is 7.88. The molecular formula is C51H55N11O. The van der Waals surface area contributed by atoms with Crippen LogP contribution < -0.4 is 21.3 Å². The number of anilines is 1. The number of carbonyl (C=O) groups excluding carboxylic acids is 1. The molecule has 8 heterocycles. The maximum absolute atomic E-state index is 13.2. The second-order valence-corrected chi connectivity index (χ2v) is 16.5. The summed E-state index contributed by atoms with van der Waals surface area (Å²) in [6.45, 7) is 2.37. The summed E-state index contributed by atoms with van der Waals surface area (Å²) in [5.41, 5.74) is 16.3. The second-order valence-electron chi connectivity index (χ2n) is 16.5. The molecule has 0 spiro atoms. The topological polar surface area (TPSA) is 132 Å². The van der Waals surface area contributed by atoms with Gasteiger partial charge in [-0.25, -0.2) is 9.97 Å². The molecule has 5 aliphatic rings. The van der Waals surface area contributed by atoms with Crippen LogP contribution in [0.5, 0.6) is 0 Å². The summed E-state index contributed by atoms with van der Waals surface area (Å²) in [5, 5.41) is 12.8. The molecule has 5 aliphatic heterocycles. The minimum atomic E-state index is -0.537. The molecule has 12 heteroatoms. The summed E-state index contributed by atoms with van der Waals surface area (Å²) >= 11 is 0. The maximum atomic E-state index is 13.2. The van der Waals surface area contributed by atoms with Crippen LogP contribution in [0.2, 0.25) is 0 Å². The van der Waals surface area contributed by atoms with Gasteiger partial charge >= 0.3 is 0 Å². The van der Waals surface area contributed by atoms with Crippen molar-refractivity contribution in [1.82, 2.24) is 50.6 Å². The average Bonchev–Trinajstić information content (AvgIpc) is 4.15. The number of fused-ring (bicyclic) bond motifs is 8. The van der Waals surface area contributed by atoms with E-state index in [1.807, 2.05) is 33.3 Å². The van der Waals surface area contributed by atoms with Crippen LogP contribution in [-0.4, -0.2) is 108 Å². The van der Waals surface area contributed by atoms with Crippen LogP contribution in [0.15, 0.2) is 104 Å². The molecule has 0 fully saturated rings. The van der Waals surface area contributed by atoms with E-state index in [2.05, 4.69) is 183 Å². The van der Waals surface area contributed by atoms with Crippen molar-refractivity contribution in [3.8, 4) is 11.1 Å². The van der Waals surface area contributed by atoms with E-state index in [9.17, 15) is 4.79 Å². The molecular weight excluding hydrogens is 783 g/mol. The standard InChI is InChI=1S/C51H55N11O/c1-52-51(53-2,54-3)26-19-46(63)55-37-9-7-33(8-10-37)47-38-11-13-40(56-38)48(34-20-27-60(4)28-21-34)42-15-17-44(58-42)50(36-24-31-62(6)32-25-36)45-18-16-43(59-45)49(41-14-12-39(47)57-41)35-22-29-61(5)30-23-35/h7-18,20-25,27,29,31,52-54,56,59H,19,26,28,30,32H2,1-6H3,(H,55,63). The van der Waals surface area contributed by atoms with Crippen molar-refractivity contribution in [2.75, 3.05) is 67.2 Å². The summed E-state index contributed by atoms with van der Waals surface area (Å²) in [4.78, 5) is 38.3. The molecule has 0 aliphatic carbocycles. The zero-order chi connectivity index (χ0) is 43.7. The lowest BCUT2D eigenvalue weighted by atomic mass is 10.0. The predicted molar refractivity (Wildman–Crippen MR) is 261 cm³/mol. The highest BCUT2D eigenvalue weighted by Gasteiger charge is 2.25. The Morgan fingerprint density at radius 3 is 1.30 bits per heavy atom. The zero-order valence-electron chi connectivity index (χ0n) is 36.8. The number of H-pyrrole nitrogens is 2. The van der Waals surface area contributed by atoms with E-state index in [0.29, 0.717) is 12.8 Å². The number of aromatic amines is 2. The molecule has 9 rings (SSSR count). The third-order valence-electron chi connectivity index (χ3n) is 12.4. The van der Waals surface area contributed by atoms with Crippen LogP contribution in [-0.2, 0) is 4.79 Å². The molecule has 0 saturated heterocycles. The van der Waals surface area contributed by atoms with Crippen LogP contribution in [0.25, 0.3) is 74.2 Å². The lowest BCUT2D eigenvalue weighted by Gasteiger charge is -2.32. The Labute approximate surface area is 368 Å². The quantitative estimate of drug-likeness (QED) is 0.0722. The molecule has 6 N–H and O–H groups in total. The fraction of sp³-hybridized carbons (Fsp3) is 0.235. The van der Waals surface area contributed by atoms with Gasteiger partial charge in [0, 0.05) is 104 Å². The normalized spacial score (nSPS) is 15.8. The van der Waals surface area contributed by atoms with Crippen molar-refractivity contribution in [3.63, 3.8) is 0 Å². The van der Waals surface area contributed by atoms with Gasteiger partial charge in [0.1, 0.15) is 5.79 Å². The van der Waals surface area contributed by atoms with E-state index < -0.39 is 5.79 Å². The fourth-order valence-electron chi connectivity index (χ4n) is 8.71. The Kier molecular flexibility index (Phi) is 11.4. The van der Waals surface area contributed by atoms with Gasteiger partial charge in [-0.3, -0.25) is 20.7 Å². The molecule has 4 aromatic rings. The van der Waals surface area contributed by atoms with E-state index in [4.69, 9.17) is 9.97 Å². The first kappa shape index (κ1) is 41.4. The minimum absolute atomic E-state index is 0.0664.